The number of nitrogens with one attached hydrogen (secondary N) is 1. The van der Waals surface area contributed by atoms with Gasteiger partial charge in [-0.3, -0.25) is 4.79 Å². The summed E-state index contributed by atoms with van der Waals surface area (Å²) in [5.41, 5.74) is 1.56. The number of ether oxygens (including phenoxy) is 2. The number of carbonyl (C=O) groups excluding carboxylic acids is 1. The van der Waals surface area contributed by atoms with Gasteiger partial charge in [-0.25, -0.2) is 26.4 Å². The summed E-state index contributed by atoms with van der Waals surface area (Å²) in [6.07, 6.45) is 3.23. The van der Waals surface area contributed by atoms with Crippen LogP contribution in [-0.4, -0.2) is 61.2 Å². The first-order valence-corrected chi connectivity index (χ1v) is 14.1. The summed E-state index contributed by atoms with van der Waals surface area (Å²) in [4.78, 5) is 14.6. The van der Waals surface area contributed by atoms with Gasteiger partial charge in [-0.2, -0.15) is 5.10 Å². The van der Waals surface area contributed by atoms with Gasteiger partial charge in [0.15, 0.2) is 0 Å². The molecule has 2 saturated heterocycles. The number of aromatic nitrogens is 2. The van der Waals surface area contributed by atoms with Gasteiger partial charge in [0.2, 0.25) is 10.0 Å². The fourth-order valence-corrected chi connectivity index (χ4v) is 5.45. The highest BCUT2D eigenvalue weighted by atomic mass is 32.2. The number of rotatable bonds is 7. The molecule has 12 heteroatoms. The summed E-state index contributed by atoms with van der Waals surface area (Å²) in [6.45, 7) is 4.17. The van der Waals surface area contributed by atoms with E-state index in [-0.39, 0.29) is 24.6 Å². The number of hydrogen-bond acceptors (Lipinski definition) is 7. The smallest absolute Gasteiger partial charge is 0.268 e. The normalized spacial score (nSPS) is 20.8. The number of pyridine rings is 1. The summed E-state index contributed by atoms with van der Waals surface area (Å²) in [5.74, 6) is -0.741. The molecular formula is C26H30F2N4O5S. The lowest BCUT2D eigenvalue weighted by atomic mass is 10.0. The van der Waals surface area contributed by atoms with Gasteiger partial charge < -0.3 is 14.4 Å². The number of sulfonamides is 1. The molecule has 2 aliphatic rings. The van der Waals surface area contributed by atoms with E-state index in [9.17, 15) is 22.0 Å². The van der Waals surface area contributed by atoms with Crippen molar-refractivity contribution < 1.29 is 31.5 Å². The Bertz CT molecular complexity index is 1440. The van der Waals surface area contributed by atoms with Crippen LogP contribution in [0.3, 0.4) is 0 Å². The molecule has 1 unspecified atom stereocenters. The van der Waals surface area contributed by atoms with Gasteiger partial charge in [0.05, 0.1) is 41.8 Å². The van der Waals surface area contributed by atoms with Crippen LogP contribution in [0.2, 0.25) is 0 Å². The molecule has 2 atom stereocenters. The topological polar surface area (TPSA) is 102 Å². The third kappa shape index (κ3) is 5.32. The molecule has 3 aromatic rings. The van der Waals surface area contributed by atoms with Gasteiger partial charge in [-0.1, -0.05) is 0 Å². The largest absolute Gasteiger partial charge is 0.490 e. The van der Waals surface area contributed by atoms with Crippen molar-refractivity contribution in [2.75, 3.05) is 24.7 Å². The van der Waals surface area contributed by atoms with E-state index in [0.29, 0.717) is 48.6 Å². The Hall–Kier alpha value is -3.25. The Morgan fingerprint density at radius 2 is 1.97 bits per heavy atom. The van der Waals surface area contributed by atoms with E-state index in [1.54, 1.807) is 24.4 Å². The van der Waals surface area contributed by atoms with E-state index in [1.807, 2.05) is 4.90 Å². The Labute approximate surface area is 219 Å². The second-order valence-electron chi connectivity index (χ2n) is 9.91. The Morgan fingerprint density at radius 3 is 2.71 bits per heavy atom. The van der Waals surface area contributed by atoms with Gasteiger partial charge in [0.25, 0.3) is 5.91 Å². The molecule has 4 heterocycles. The summed E-state index contributed by atoms with van der Waals surface area (Å²) in [7, 11) is -3.85. The van der Waals surface area contributed by atoms with Crippen molar-refractivity contribution in [3.8, 4) is 5.75 Å². The first-order chi connectivity index (χ1) is 18.1. The van der Waals surface area contributed by atoms with Crippen LogP contribution >= 0.6 is 0 Å². The molecule has 2 aliphatic heterocycles. The number of hydrogen-bond donors (Lipinski definition) is 1. The highest BCUT2D eigenvalue weighted by molar-refractivity contribution is 7.90. The standard InChI is InChI=1S/C26H30F2N4O5S/c1-16(2)38(34,35)30-26(33)22-14-29-32-8-5-19(13-24(22)32)31-15-18(28)12-23(31)21-11-17(27)3-4-25(21)37-20-6-9-36-10-7-20/h3-5,8,11,13-14,16,18,20,23H,6-7,9-10,12,15H2,1-2H3,(H,30,33)/t18-,23?/m0/s1. The van der Waals surface area contributed by atoms with Crippen molar-refractivity contribution in [2.24, 2.45) is 0 Å². The zero-order valence-corrected chi connectivity index (χ0v) is 22.0. The van der Waals surface area contributed by atoms with Crippen LogP contribution < -0.4 is 14.4 Å². The zero-order chi connectivity index (χ0) is 27.0. The maximum atomic E-state index is 14.9. The van der Waals surface area contributed by atoms with Crippen LogP contribution in [0.15, 0.2) is 42.7 Å². The SMILES string of the molecule is CC(C)S(=O)(=O)NC(=O)c1cnn2ccc(N3C[C@@H](F)CC3c3cc(F)ccc3OC3CCOCC3)cc12. The Balaban J connectivity index is 1.48. The summed E-state index contributed by atoms with van der Waals surface area (Å²) in [6, 6.07) is 7.18. The van der Waals surface area contributed by atoms with Crippen molar-refractivity contribution in [3.63, 3.8) is 0 Å². The van der Waals surface area contributed by atoms with Crippen molar-refractivity contribution in [3.05, 3.63) is 59.7 Å². The van der Waals surface area contributed by atoms with Crippen LogP contribution in [-0.2, 0) is 14.8 Å². The molecule has 0 saturated carbocycles. The van der Waals surface area contributed by atoms with Crippen LogP contribution in [0.4, 0.5) is 14.5 Å². The molecule has 0 aliphatic carbocycles. The molecule has 2 aromatic heterocycles. The van der Waals surface area contributed by atoms with Crippen molar-refractivity contribution in [1.29, 1.82) is 0 Å². The minimum absolute atomic E-state index is 0.0610. The number of benzene rings is 1. The molecule has 5 rings (SSSR count). The second kappa shape index (κ2) is 10.5. The third-order valence-electron chi connectivity index (χ3n) is 6.98. The van der Waals surface area contributed by atoms with Crippen LogP contribution in [0.25, 0.3) is 5.52 Å². The molecule has 2 fully saturated rings. The first kappa shape index (κ1) is 26.4. The van der Waals surface area contributed by atoms with Gasteiger partial charge in [-0.05, 0) is 44.2 Å². The Kier molecular flexibility index (Phi) is 7.28. The fourth-order valence-electron chi connectivity index (χ4n) is 4.85. The average Bonchev–Trinajstić information content (AvgIpc) is 3.48. The maximum absolute atomic E-state index is 14.9. The molecule has 1 N–H and O–H groups in total. The van der Waals surface area contributed by atoms with E-state index in [4.69, 9.17) is 9.47 Å². The Morgan fingerprint density at radius 1 is 1.21 bits per heavy atom. The molecule has 0 bridgehead atoms. The van der Waals surface area contributed by atoms with Crippen LogP contribution in [0, 0.1) is 5.82 Å². The molecule has 1 amide bonds. The molecule has 1 aromatic carbocycles. The summed E-state index contributed by atoms with van der Waals surface area (Å²) < 4.78 is 68.9. The fraction of sp³-hybridized carbons (Fsp3) is 0.462. The van der Waals surface area contributed by atoms with Gasteiger partial charge in [0, 0.05) is 43.3 Å². The van der Waals surface area contributed by atoms with Crippen molar-refractivity contribution in [1.82, 2.24) is 14.3 Å². The van der Waals surface area contributed by atoms with Crippen LogP contribution in [0.1, 0.15) is 55.1 Å². The van der Waals surface area contributed by atoms with Crippen molar-refractivity contribution in [2.45, 2.75) is 56.7 Å². The maximum Gasteiger partial charge on any atom is 0.268 e. The lowest BCUT2D eigenvalue weighted by molar-refractivity contribution is 0.0250. The van der Waals surface area contributed by atoms with Crippen molar-refractivity contribution >= 4 is 27.1 Å². The zero-order valence-electron chi connectivity index (χ0n) is 21.1. The number of anilines is 1. The molecule has 0 radical (unpaired) electrons. The van der Waals surface area contributed by atoms with E-state index >= 15 is 0 Å². The van der Waals surface area contributed by atoms with E-state index in [1.165, 1.54) is 36.7 Å². The lowest BCUT2D eigenvalue weighted by Gasteiger charge is -2.30. The monoisotopic (exact) mass is 548 g/mol. The van der Waals surface area contributed by atoms with E-state index < -0.39 is 39.2 Å². The predicted octanol–water partition coefficient (Wildman–Crippen LogP) is 3.79. The van der Waals surface area contributed by atoms with E-state index in [2.05, 4.69) is 9.82 Å². The highest BCUT2D eigenvalue weighted by Gasteiger charge is 2.36. The third-order valence-corrected chi connectivity index (χ3v) is 8.69. The average molecular weight is 549 g/mol. The molecule has 38 heavy (non-hydrogen) atoms. The minimum Gasteiger partial charge on any atom is -0.490 e. The number of amides is 1. The quantitative estimate of drug-likeness (QED) is 0.479. The number of fused-ring (bicyclic) bond motifs is 1. The van der Waals surface area contributed by atoms with Gasteiger partial charge in [0.1, 0.15) is 23.8 Å². The second-order valence-corrected chi connectivity index (χ2v) is 12.1. The lowest BCUT2D eigenvalue weighted by Crippen LogP contribution is -2.35. The molecular weight excluding hydrogens is 518 g/mol. The van der Waals surface area contributed by atoms with Gasteiger partial charge in [-0.15, -0.1) is 0 Å². The number of carbonyl (C=O) groups is 1. The number of nitrogens with zero attached hydrogens (tertiary/aromatic N) is 3. The number of alkyl halides is 1. The van der Waals surface area contributed by atoms with Crippen LogP contribution in [0.5, 0.6) is 5.75 Å². The molecule has 204 valence electrons. The molecule has 9 nitrogen and oxygen atoms in total. The van der Waals surface area contributed by atoms with E-state index in [0.717, 1.165) is 0 Å². The predicted molar refractivity (Wildman–Crippen MR) is 137 cm³/mol. The number of halogens is 2. The first-order valence-electron chi connectivity index (χ1n) is 12.6. The summed E-state index contributed by atoms with van der Waals surface area (Å²) in [5, 5.41) is 3.36. The minimum atomic E-state index is -3.85. The molecule has 0 spiro atoms. The highest BCUT2D eigenvalue weighted by Crippen LogP contribution is 2.42. The van der Waals surface area contributed by atoms with Gasteiger partial charge >= 0.3 is 0 Å². The summed E-state index contributed by atoms with van der Waals surface area (Å²) >= 11 is 0.